The molecule has 0 amide bonds. The van der Waals surface area contributed by atoms with E-state index >= 15 is 0 Å². The van der Waals surface area contributed by atoms with E-state index in [1.54, 1.807) is 30.5 Å². The van der Waals surface area contributed by atoms with Gasteiger partial charge in [0.05, 0.1) is 16.2 Å². The van der Waals surface area contributed by atoms with Crippen molar-refractivity contribution >= 4 is 11.3 Å². The van der Waals surface area contributed by atoms with Gasteiger partial charge in [-0.3, -0.25) is 15.1 Å². The number of hydrogen-bond donors (Lipinski definition) is 1. The van der Waals surface area contributed by atoms with Crippen LogP contribution < -0.4 is 0 Å². The number of non-ortho nitro benzene ring substituents is 1. The Morgan fingerprint density at radius 1 is 1.23 bits per heavy atom. The maximum Gasteiger partial charge on any atom is 0.269 e. The van der Waals surface area contributed by atoms with E-state index in [1.165, 1.54) is 12.1 Å². The first-order valence-electron chi connectivity index (χ1n) is 6.77. The lowest BCUT2D eigenvalue weighted by Crippen LogP contribution is -2.02. The molecule has 1 atom stereocenters. The van der Waals surface area contributed by atoms with Crippen LogP contribution in [0.5, 0.6) is 0 Å². The van der Waals surface area contributed by atoms with Crippen molar-refractivity contribution < 1.29 is 10.0 Å². The largest absolute Gasteiger partial charge is 0.383 e. The third-order valence-electron chi connectivity index (χ3n) is 3.02. The summed E-state index contributed by atoms with van der Waals surface area (Å²) in [5.41, 5.74) is 5.72. The van der Waals surface area contributed by atoms with Crippen LogP contribution in [0.15, 0.2) is 60.0 Å². The minimum absolute atomic E-state index is 0.0125. The molecule has 5 heteroatoms. The van der Waals surface area contributed by atoms with Crippen LogP contribution in [0, 0.1) is 10.1 Å². The molecule has 2 aromatic rings. The monoisotopic (exact) mass is 296 g/mol. The third-order valence-corrected chi connectivity index (χ3v) is 3.02. The Kier molecular flexibility index (Phi) is 4.84. The number of nitro benzene ring substituents is 1. The highest BCUT2D eigenvalue weighted by atomic mass is 16.6. The zero-order valence-corrected chi connectivity index (χ0v) is 12.4. The highest BCUT2D eigenvalue weighted by Gasteiger charge is 2.17. The molecule has 0 aliphatic rings. The minimum atomic E-state index is -0.953. The zero-order chi connectivity index (χ0) is 16.1. The van der Waals surface area contributed by atoms with Crippen molar-refractivity contribution in [3.8, 4) is 0 Å². The molecule has 0 radical (unpaired) electrons. The molecule has 0 aliphatic carbocycles. The number of aliphatic hydroxyl groups is 1. The number of benzene rings is 1. The van der Waals surface area contributed by atoms with Gasteiger partial charge in [-0.2, -0.15) is 0 Å². The molecule has 1 heterocycles. The summed E-state index contributed by atoms with van der Waals surface area (Å²) < 4.78 is 0. The molecule has 5 nitrogen and oxygen atoms in total. The predicted molar refractivity (Wildman–Crippen MR) is 84.1 cm³/mol. The van der Waals surface area contributed by atoms with E-state index in [9.17, 15) is 15.2 Å². The number of aliphatic hydroxyl groups excluding tert-OH is 1. The van der Waals surface area contributed by atoms with Crippen LogP contribution in [-0.4, -0.2) is 15.0 Å². The van der Waals surface area contributed by atoms with Crippen LogP contribution in [-0.2, 0) is 0 Å². The molecule has 1 unspecified atom stereocenters. The van der Waals surface area contributed by atoms with Crippen molar-refractivity contribution in [2.75, 3.05) is 0 Å². The Morgan fingerprint density at radius 2 is 1.91 bits per heavy atom. The topological polar surface area (TPSA) is 76.3 Å². The van der Waals surface area contributed by atoms with Gasteiger partial charge in [-0.1, -0.05) is 6.07 Å². The number of nitro groups is 1. The van der Waals surface area contributed by atoms with Gasteiger partial charge in [-0.15, -0.1) is 5.73 Å². The molecule has 0 spiro atoms. The van der Waals surface area contributed by atoms with Gasteiger partial charge in [0.1, 0.15) is 6.10 Å². The lowest BCUT2D eigenvalue weighted by molar-refractivity contribution is -0.384. The van der Waals surface area contributed by atoms with Gasteiger partial charge in [0.25, 0.3) is 5.69 Å². The van der Waals surface area contributed by atoms with Crippen LogP contribution in [0.25, 0.3) is 5.57 Å². The lowest BCUT2D eigenvalue weighted by Gasteiger charge is -2.13. The molecule has 1 N–H and O–H groups in total. The standard InChI is InChI=1S/C17H16N2O3/c1-12(2)11-15(16-5-3-4-10-18-16)17(20)13-6-8-14(9-7-13)19(21)22/h3-10,17,20H,1-2H3. The van der Waals surface area contributed by atoms with Crippen LogP contribution in [0.4, 0.5) is 5.69 Å². The van der Waals surface area contributed by atoms with E-state index < -0.39 is 11.0 Å². The van der Waals surface area contributed by atoms with Crippen molar-refractivity contribution in [2.24, 2.45) is 0 Å². The number of nitrogens with zero attached hydrogens (tertiary/aromatic N) is 2. The van der Waals surface area contributed by atoms with Gasteiger partial charge in [-0.05, 0) is 49.2 Å². The Bertz CT molecular complexity index is 726. The molecule has 0 fully saturated rings. The van der Waals surface area contributed by atoms with E-state index in [-0.39, 0.29) is 5.69 Å². The van der Waals surface area contributed by atoms with Gasteiger partial charge < -0.3 is 5.11 Å². The first kappa shape index (κ1) is 15.6. The number of rotatable bonds is 4. The third kappa shape index (κ3) is 3.67. The number of aromatic nitrogens is 1. The fourth-order valence-corrected chi connectivity index (χ4v) is 2.01. The van der Waals surface area contributed by atoms with Gasteiger partial charge >= 0.3 is 0 Å². The summed E-state index contributed by atoms with van der Waals surface area (Å²) in [6, 6.07) is 11.2. The van der Waals surface area contributed by atoms with Crippen LogP contribution in [0.1, 0.15) is 31.2 Å². The number of pyridine rings is 1. The van der Waals surface area contributed by atoms with E-state index in [0.29, 0.717) is 16.8 Å². The molecule has 112 valence electrons. The van der Waals surface area contributed by atoms with Crippen LogP contribution in [0.2, 0.25) is 0 Å². The van der Waals surface area contributed by atoms with E-state index in [1.807, 2.05) is 19.9 Å². The van der Waals surface area contributed by atoms with Crippen molar-refractivity contribution in [1.29, 1.82) is 0 Å². The number of hydrogen-bond acceptors (Lipinski definition) is 4. The SMILES string of the molecule is CC(C)=C=C(c1ccccn1)C(O)c1ccc([N+](=O)[O-])cc1. The summed E-state index contributed by atoms with van der Waals surface area (Å²) in [6.45, 7) is 3.76. The summed E-state index contributed by atoms with van der Waals surface area (Å²) in [7, 11) is 0. The summed E-state index contributed by atoms with van der Waals surface area (Å²) in [5.74, 6) is 0. The molecule has 1 aromatic heterocycles. The summed E-state index contributed by atoms with van der Waals surface area (Å²) in [5, 5.41) is 21.3. The molecular formula is C17H16N2O3. The van der Waals surface area contributed by atoms with Gasteiger partial charge in [0, 0.05) is 18.3 Å². The first-order chi connectivity index (χ1) is 10.5. The molecule has 0 saturated heterocycles. The van der Waals surface area contributed by atoms with Crippen molar-refractivity contribution in [2.45, 2.75) is 20.0 Å². The average Bonchev–Trinajstić information content (AvgIpc) is 2.52. The highest BCUT2D eigenvalue weighted by molar-refractivity contribution is 5.67. The Labute approximate surface area is 128 Å². The fraction of sp³-hybridized carbons (Fsp3) is 0.176. The quantitative estimate of drug-likeness (QED) is 0.530. The van der Waals surface area contributed by atoms with Gasteiger partial charge in [0.2, 0.25) is 0 Å². The van der Waals surface area contributed by atoms with Crippen molar-refractivity contribution in [3.05, 3.63) is 81.3 Å². The molecule has 22 heavy (non-hydrogen) atoms. The molecule has 2 rings (SSSR count). The van der Waals surface area contributed by atoms with Crippen molar-refractivity contribution in [1.82, 2.24) is 4.98 Å². The molecule has 1 aromatic carbocycles. The second-order valence-corrected chi connectivity index (χ2v) is 5.00. The molecule has 0 bridgehead atoms. The van der Waals surface area contributed by atoms with Gasteiger partial charge in [0.15, 0.2) is 0 Å². The second-order valence-electron chi connectivity index (χ2n) is 5.00. The Balaban J connectivity index is 2.45. The van der Waals surface area contributed by atoms with Crippen LogP contribution >= 0.6 is 0 Å². The maximum atomic E-state index is 10.7. The van der Waals surface area contributed by atoms with Crippen molar-refractivity contribution in [3.63, 3.8) is 0 Å². The summed E-state index contributed by atoms with van der Waals surface area (Å²) >= 11 is 0. The Morgan fingerprint density at radius 3 is 2.41 bits per heavy atom. The predicted octanol–water partition coefficient (Wildman–Crippen LogP) is 3.67. The van der Waals surface area contributed by atoms with E-state index in [4.69, 9.17) is 0 Å². The first-order valence-corrected chi connectivity index (χ1v) is 6.77. The minimum Gasteiger partial charge on any atom is -0.383 e. The van der Waals surface area contributed by atoms with Crippen LogP contribution in [0.3, 0.4) is 0 Å². The molecule has 0 saturated carbocycles. The van der Waals surface area contributed by atoms with Gasteiger partial charge in [-0.25, -0.2) is 0 Å². The lowest BCUT2D eigenvalue weighted by atomic mass is 9.98. The van der Waals surface area contributed by atoms with E-state index in [0.717, 1.165) is 5.57 Å². The normalized spacial score (nSPS) is 11.4. The average molecular weight is 296 g/mol. The smallest absolute Gasteiger partial charge is 0.269 e. The molecular weight excluding hydrogens is 280 g/mol. The summed E-state index contributed by atoms with van der Waals surface area (Å²) in [4.78, 5) is 14.5. The summed E-state index contributed by atoms with van der Waals surface area (Å²) in [6.07, 6.45) is 0.690. The maximum absolute atomic E-state index is 10.7. The Hall–Kier alpha value is -2.75. The molecule has 0 aliphatic heterocycles. The highest BCUT2D eigenvalue weighted by Crippen LogP contribution is 2.29. The van der Waals surface area contributed by atoms with E-state index in [2.05, 4.69) is 10.7 Å². The fourth-order valence-electron chi connectivity index (χ4n) is 2.01. The zero-order valence-electron chi connectivity index (χ0n) is 12.4. The second kappa shape index (κ2) is 6.80.